The number of rotatable bonds is 6. The molecule has 0 spiro atoms. The molecule has 1 aliphatic heterocycles. The van der Waals surface area contributed by atoms with Crippen molar-refractivity contribution in [2.45, 2.75) is 123 Å². The lowest BCUT2D eigenvalue weighted by atomic mass is 9.49. The van der Waals surface area contributed by atoms with Crippen LogP contribution in [-0.4, -0.2) is 62.8 Å². The van der Waals surface area contributed by atoms with E-state index in [1.807, 2.05) is 6.92 Å². The minimum atomic E-state index is -0.950. The maximum absolute atomic E-state index is 12.6. The molecular formula is C29H50O6. The molecule has 4 fully saturated rings. The fourth-order valence-electron chi connectivity index (χ4n) is 9.24. The van der Waals surface area contributed by atoms with Gasteiger partial charge < -0.3 is 25.2 Å². The van der Waals surface area contributed by atoms with E-state index < -0.39 is 24.4 Å². The summed E-state index contributed by atoms with van der Waals surface area (Å²) in [5.41, 5.74) is -0.246. The molecule has 0 radical (unpaired) electrons. The summed E-state index contributed by atoms with van der Waals surface area (Å²) in [5.74, 6) is -0.133. The lowest BCUT2D eigenvalue weighted by molar-refractivity contribution is -0.207. The maximum atomic E-state index is 12.6. The molecule has 35 heavy (non-hydrogen) atoms. The zero-order valence-electron chi connectivity index (χ0n) is 22.6. The molecule has 1 saturated heterocycles. The van der Waals surface area contributed by atoms with Crippen LogP contribution in [-0.2, 0) is 9.53 Å². The van der Waals surface area contributed by atoms with Gasteiger partial charge in [-0.2, -0.15) is 0 Å². The summed E-state index contributed by atoms with van der Waals surface area (Å²) in [5, 5.41) is 45.6. The van der Waals surface area contributed by atoms with Gasteiger partial charge in [0.1, 0.15) is 5.78 Å². The molecule has 14 atom stereocenters. The molecule has 4 N–H and O–H groups in total. The Labute approximate surface area is 211 Å². The normalized spacial score (nSPS) is 47.3. The summed E-state index contributed by atoms with van der Waals surface area (Å²) in [6.45, 7) is 12.5. The second kappa shape index (κ2) is 10.3. The van der Waals surface area contributed by atoms with Gasteiger partial charge in [0.25, 0.3) is 0 Å². The topological polar surface area (TPSA) is 107 Å². The number of ketones is 1. The Morgan fingerprint density at radius 2 is 1.74 bits per heavy atom. The van der Waals surface area contributed by atoms with Gasteiger partial charge in [-0.05, 0) is 73.0 Å². The summed E-state index contributed by atoms with van der Waals surface area (Å²) in [7, 11) is 0. The molecule has 0 amide bonds. The molecule has 0 aromatic rings. The number of aliphatic hydroxyl groups is 4. The minimum absolute atomic E-state index is 0.0137. The first-order valence-corrected chi connectivity index (χ1v) is 14.3. The van der Waals surface area contributed by atoms with E-state index in [4.69, 9.17) is 4.74 Å². The second-order valence-electron chi connectivity index (χ2n) is 13.2. The highest BCUT2D eigenvalue weighted by molar-refractivity contribution is 5.79. The van der Waals surface area contributed by atoms with Crippen LogP contribution < -0.4 is 0 Å². The van der Waals surface area contributed by atoms with E-state index in [1.54, 1.807) is 0 Å². The third-order valence-electron chi connectivity index (χ3n) is 11.2. The van der Waals surface area contributed by atoms with Crippen LogP contribution >= 0.6 is 0 Å². The van der Waals surface area contributed by atoms with E-state index in [1.165, 1.54) is 0 Å². The average molecular weight is 495 g/mol. The van der Waals surface area contributed by atoms with Crippen molar-refractivity contribution in [1.82, 2.24) is 0 Å². The number of fused-ring (bicyclic) bond motifs is 5. The van der Waals surface area contributed by atoms with Crippen molar-refractivity contribution < 1.29 is 30.0 Å². The van der Waals surface area contributed by atoms with Crippen molar-refractivity contribution >= 4 is 5.78 Å². The van der Waals surface area contributed by atoms with Crippen molar-refractivity contribution in [3.05, 3.63) is 0 Å². The van der Waals surface area contributed by atoms with Gasteiger partial charge in [-0.15, -0.1) is 0 Å². The SMILES string of the molecule is CC[C@@H](C(C)C)[C@H](O)[C@@H](O)C(C)[C@@H]1O[C@@H](C)[C@H]2CCC(=O)CC2C2C1[C@@]1(C)CCCC1[C@@H](O)[C@H]2O. The van der Waals surface area contributed by atoms with E-state index in [9.17, 15) is 25.2 Å². The molecule has 0 aromatic heterocycles. The van der Waals surface area contributed by atoms with Crippen molar-refractivity contribution in [3.63, 3.8) is 0 Å². The highest BCUT2D eigenvalue weighted by Gasteiger charge is 2.65. The Morgan fingerprint density at radius 1 is 1.06 bits per heavy atom. The Morgan fingerprint density at radius 3 is 2.37 bits per heavy atom. The minimum Gasteiger partial charge on any atom is -0.390 e. The lowest BCUT2D eigenvalue weighted by Gasteiger charge is -2.57. The van der Waals surface area contributed by atoms with Crippen LogP contribution in [0.5, 0.6) is 0 Å². The summed E-state index contributed by atoms with van der Waals surface area (Å²) in [4.78, 5) is 12.6. The lowest BCUT2D eigenvalue weighted by Crippen LogP contribution is -2.62. The molecule has 3 aliphatic carbocycles. The average Bonchev–Trinajstić information content (AvgIpc) is 3.15. The Balaban J connectivity index is 1.77. The van der Waals surface area contributed by atoms with Gasteiger partial charge in [0.05, 0.1) is 36.6 Å². The highest BCUT2D eigenvalue weighted by Crippen LogP contribution is 2.63. The van der Waals surface area contributed by atoms with Crippen LogP contribution in [0.1, 0.15) is 86.5 Å². The van der Waals surface area contributed by atoms with Crippen LogP contribution in [0.15, 0.2) is 0 Å². The van der Waals surface area contributed by atoms with Crippen LogP contribution in [0.25, 0.3) is 0 Å². The first kappa shape index (κ1) is 27.5. The quantitative estimate of drug-likeness (QED) is 0.450. The molecule has 3 saturated carbocycles. The number of aliphatic hydroxyl groups excluding tert-OH is 4. The van der Waals surface area contributed by atoms with Crippen LogP contribution in [0.4, 0.5) is 0 Å². The molecular weight excluding hydrogens is 444 g/mol. The van der Waals surface area contributed by atoms with Gasteiger partial charge in [-0.1, -0.05) is 47.5 Å². The van der Waals surface area contributed by atoms with Crippen molar-refractivity contribution in [3.8, 4) is 0 Å². The zero-order valence-corrected chi connectivity index (χ0v) is 22.6. The van der Waals surface area contributed by atoms with E-state index in [0.29, 0.717) is 12.8 Å². The zero-order chi connectivity index (χ0) is 25.8. The van der Waals surface area contributed by atoms with Crippen LogP contribution in [0.3, 0.4) is 0 Å². The summed E-state index contributed by atoms with van der Waals surface area (Å²) < 4.78 is 6.87. The monoisotopic (exact) mass is 494 g/mol. The fourth-order valence-corrected chi connectivity index (χ4v) is 9.24. The summed E-state index contributed by atoms with van der Waals surface area (Å²) >= 11 is 0. The second-order valence-corrected chi connectivity index (χ2v) is 13.2. The first-order valence-electron chi connectivity index (χ1n) is 14.3. The number of ether oxygens (including phenoxy) is 1. The number of hydrogen-bond acceptors (Lipinski definition) is 6. The molecule has 0 bridgehead atoms. The number of hydrogen-bond donors (Lipinski definition) is 4. The van der Waals surface area contributed by atoms with E-state index >= 15 is 0 Å². The molecule has 5 unspecified atom stereocenters. The van der Waals surface area contributed by atoms with Gasteiger partial charge in [-0.25, -0.2) is 0 Å². The van der Waals surface area contributed by atoms with Crippen molar-refractivity contribution in [2.75, 3.05) is 0 Å². The molecule has 202 valence electrons. The molecule has 1 heterocycles. The van der Waals surface area contributed by atoms with Crippen molar-refractivity contribution in [2.24, 2.45) is 52.8 Å². The van der Waals surface area contributed by atoms with Crippen LogP contribution in [0.2, 0.25) is 0 Å². The smallest absolute Gasteiger partial charge is 0.133 e. The Bertz CT molecular complexity index is 755. The van der Waals surface area contributed by atoms with Gasteiger partial charge >= 0.3 is 0 Å². The predicted octanol–water partition coefficient (Wildman–Crippen LogP) is 3.57. The van der Waals surface area contributed by atoms with E-state index in [0.717, 1.165) is 32.1 Å². The Kier molecular flexibility index (Phi) is 8.11. The molecule has 4 aliphatic rings. The number of carbonyl (C=O) groups is 1. The van der Waals surface area contributed by atoms with Gasteiger partial charge in [-0.3, -0.25) is 4.79 Å². The number of Topliss-reactive ketones (excluding diaryl/α,β-unsaturated/α-hetero) is 1. The first-order chi connectivity index (χ1) is 16.4. The maximum Gasteiger partial charge on any atom is 0.133 e. The van der Waals surface area contributed by atoms with Crippen molar-refractivity contribution in [1.29, 1.82) is 0 Å². The predicted molar refractivity (Wildman–Crippen MR) is 134 cm³/mol. The molecule has 4 rings (SSSR count). The third-order valence-corrected chi connectivity index (χ3v) is 11.2. The fraction of sp³-hybridized carbons (Fsp3) is 0.966. The van der Waals surface area contributed by atoms with Crippen LogP contribution in [0, 0.1) is 52.8 Å². The van der Waals surface area contributed by atoms with Gasteiger partial charge in [0.15, 0.2) is 0 Å². The van der Waals surface area contributed by atoms with Gasteiger partial charge in [0.2, 0.25) is 0 Å². The molecule has 6 nitrogen and oxygen atoms in total. The summed E-state index contributed by atoms with van der Waals surface area (Å²) in [6, 6.07) is 0. The standard InChI is InChI=1S/C29H50O6/c1-7-18(14(2)3)25(32)24(31)15(4)28-23-22(20-13-17(30)10-11-19(20)16(5)35-28)27(34)26(33)21-9-8-12-29(21,23)6/h14-16,18-28,31-34H,7-13H2,1-6H3/t15?,16-,18-,19+,20?,21?,22?,23?,24-,25-,26+,27-,28-,29-/m0/s1. The molecule has 0 aromatic carbocycles. The largest absolute Gasteiger partial charge is 0.390 e. The van der Waals surface area contributed by atoms with E-state index in [-0.39, 0.29) is 70.7 Å². The summed E-state index contributed by atoms with van der Waals surface area (Å²) in [6.07, 6.45) is 1.32. The highest BCUT2D eigenvalue weighted by atomic mass is 16.5. The third kappa shape index (κ3) is 4.54. The van der Waals surface area contributed by atoms with Gasteiger partial charge in [0, 0.05) is 18.8 Å². The van der Waals surface area contributed by atoms with E-state index in [2.05, 4.69) is 34.6 Å². The molecule has 6 heteroatoms. The number of carbonyl (C=O) groups excluding carboxylic acids is 1. The Hall–Kier alpha value is -0.530.